The Morgan fingerprint density at radius 3 is 1.83 bits per heavy atom. The molecule has 4 heteroatoms. The van der Waals surface area contributed by atoms with Crippen LogP contribution in [0, 0.1) is 0 Å². The topological polar surface area (TPSA) is 46.3 Å². The van der Waals surface area contributed by atoms with Gasteiger partial charge in [-0.05, 0) is 24.0 Å². The lowest BCUT2D eigenvalue weighted by atomic mass is 9.84. The third kappa shape index (κ3) is 4.19. The van der Waals surface area contributed by atoms with Gasteiger partial charge < -0.3 is 10.6 Å². The van der Waals surface area contributed by atoms with Crippen molar-refractivity contribution in [1.29, 1.82) is 0 Å². The van der Waals surface area contributed by atoms with Crippen molar-refractivity contribution in [1.82, 2.24) is 4.90 Å². The SMILES string of the molecule is NC(Cc1ccccc1)(Cc1ccccc1)C(=O)N1CCSCC1. The number of carbonyl (C=O) groups is 1. The van der Waals surface area contributed by atoms with E-state index in [1.807, 2.05) is 77.3 Å². The molecule has 3 nitrogen and oxygen atoms in total. The van der Waals surface area contributed by atoms with Gasteiger partial charge in [0.25, 0.3) is 0 Å². The van der Waals surface area contributed by atoms with Crippen molar-refractivity contribution < 1.29 is 4.79 Å². The van der Waals surface area contributed by atoms with E-state index >= 15 is 0 Å². The van der Waals surface area contributed by atoms with Gasteiger partial charge in [0, 0.05) is 24.6 Å². The summed E-state index contributed by atoms with van der Waals surface area (Å²) in [7, 11) is 0. The zero-order valence-electron chi connectivity index (χ0n) is 13.9. The molecule has 0 aromatic heterocycles. The van der Waals surface area contributed by atoms with Gasteiger partial charge in [0.05, 0.1) is 0 Å². The normalized spacial score (nSPS) is 15.3. The Bertz CT molecular complexity index is 612. The summed E-state index contributed by atoms with van der Waals surface area (Å²) in [6, 6.07) is 20.2. The Labute approximate surface area is 148 Å². The third-order valence-electron chi connectivity index (χ3n) is 4.45. The molecule has 24 heavy (non-hydrogen) atoms. The molecule has 0 unspecified atom stereocenters. The predicted molar refractivity (Wildman–Crippen MR) is 101 cm³/mol. The maximum atomic E-state index is 13.2. The van der Waals surface area contributed by atoms with E-state index in [1.165, 1.54) is 0 Å². The van der Waals surface area contributed by atoms with E-state index in [2.05, 4.69) is 0 Å². The van der Waals surface area contributed by atoms with E-state index in [0.29, 0.717) is 12.8 Å². The van der Waals surface area contributed by atoms with Gasteiger partial charge in [-0.2, -0.15) is 11.8 Å². The minimum absolute atomic E-state index is 0.0792. The molecule has 1 heterocycles. The summed E-state index contributed by atoms with van der Waals surface area (Å²) in [5.41, 5.74) is 8.05. The van der Waals surface area contributed by atoms with E-state index in [0.717, 1.165) is 35.7 Å². The quantitative estimate of drug-likeness (QED) is 0.910. The summed E-state index contributed by atoms with van der Waals surface area (Å²) < 4.78 is 0. The Morgan fingerprint density at radius 2 is 1.38 bits per heavy atom. The third-order valence-corrected chi connectivity index (χ3v) is 5.39. The molecule has 126 valence electrons. The molecule has 0 spiro atoms. The zero-order valence-corrected chi connectivity index (χ0v) is 14.7. The fraction of sp³-hybridized carbons (Fsp3) is 0.350. The largest absolute Gasteiger partial charge is 0.339 e. The standard InChI is InChI=1S/C20H24N2OS/c21-20(15-17-7-3-1-4-8-17,16-18-9-5-2-6-10-18)19(23)22-11-13-24-14-12-22/h1-10H,11-16,21H2. The van der Waals surface area contributed by atoms with Gasteiger partial charge in [0.2, 0.25) is 5.91 Å². The molecule has 0 radical (unpaired) electrons. The molecule has 0 atom stereocenters. The number of nitrogens with zero attached hydrogens (tertiary/aromatic N) is 1. The maximum absolute atomic E-state index is 13.2. The molecular formula is C20H24N2OS. The molecule has 1 amide bonds. The molecule has 0 aliphatic carbocycles. The summed E-state index contributed by atoms with van der Waals surface area (Å²) in [6.07, 6.45) is 1.12. The molecule has 1 aliphatic heterocycles. The van der Waals surface area contributed by atoms with Crippen molar-refractivity contribution in [3.63, 3.8) is 0 Å². The van der Waals surface area contributed by atoms with Gasteiger partial charge in [-0.3, -0.25) is 4.79 Å². The lowest BCUT2D eigenvalue weighted by Crippen LogP contribution is -2.59. The van der Waals surface area contributed by atoms with E-state index in [1.54, 1.807) is 0 Å². The first-order chi connectivity index (χ1) is 11.7. The molecule has 2 aromatic rings. The van der Waals surface area contributed by atoms with Crippen molar-refractivity contribution >= 4 is 17.7 Å². The Balaban J connectivity index is 1.85. The lowest BCUT2D eigenvalue weighted by Gasteiger charge is -2.36. The minimum atomic E-state index is -0.898. The van der Waals surface area contributed by atoms with Gasteiger partial charge >= 0.3 is 0 Å². The number of hydrogen-bond donors (Lipinski definition) is 1. The Morgan fingerprint density at radius 1 is 0.917 bits per heavy atom. The minimum Gasteiger partial charge on any atom is -0.339 e. The molecule has 1 saturated heterocycles. The summed E-state index contributed by atoms with van der Waals surface area (Å²) in [6.45, 7) is 1.60. The van der Waals surface area contributed by atoms with Gasteiger partial charge in [-0.25, -0.2) is 0 Å². The number of amides is 1. The maximum Gasteiger partial charge on any atom is 0.243 e. The number of thioether (sulfide) groups is 1. The smallest absolute Gasteiger partial charge is 0.243 e. The molecular weight excluding hydrogens is 316 g/mol. The summed E-state index contributed by atoms with van der Waals surface area (Å²) >= 11 is 1.90. The van der Waals surface area contributed by atoms with Crippen molar-refractivity contribution in [2.45, 2.75) is 18.4 Å². The second kappa shape index (κ2) is 7.86. The van der Waals surface area contributed by atoms with Crippen LogP contribution in [-0.2, 0) is 17.6 Å². The van der Waals surface area contributed by atoms with E-state index in [4.69, 9.17) is 5.73 Å². The van der Waals surface area contributed by atoms with Crippen LogP contribution in [0.2, 0.25) is 0 Å². The summed E-state index contributed by atoms with van der Waals surface area (Å²) in [5.74, 6) is 2.08. The highest BCUT2D eigenvalue weighted by atomic mass is 32.2. The van der Waals surface area contributed by atoms with Crippen LogP contribution in [0.1, 0.15) is 11.1 Å². The Kier molecular flexibility index (Phi) is 5.59. The molecule has 0 saturated carbocycles. The molecule has 0 bridgehead atoms. The molecule has 3 rings (SSSR count). The fourth-order valence-corrected chi connectivity index (χ4v) is 4.12. The van der Waals surface area contributed by atoms with Crippen LogP contribution in [0.15, 0.2) is 60.7 Å². The summed E-state index contributed by atoms with van der Waals surface area (Å²) in [5, 5.41) is 0. The van der Waals surface area contributed by atoms with Crippen LogP contribution in [-0.4, -0.2) is 40.9 Å². The van der Waals surface area contributed by atoms with E-state index in [9.17, 15) is 4.79 Å². The molecule has 1 aliphatic rings. The van der Waals surface area contributed by atoms with Crippen LogP contribution < -0.4 is 5.73 Å². The second-order valence-electron chi connectivity index (χ2n) is 6.39. The van der Waals surface area contributed by atoms with E-state index < -0.39 is 5.54 Å². The lowest BCUT2D eigenvalue weighted by molar-refractivity contribution is -0.136. The highest BCUT2D eigenvalue weighted by Gasteiger charge is 2.38. The number of carbonyl (C=O) groups excluding carboxylic acids is 1. The summed E-state index contributed by atoms with van der Waals surface area (Å²) in [4.78, 5) is 15.2. The zero-order chi connectivity index (χ0) is 16.8. The van der Waals surface area contributed by atoms with Crippen molar-refractivity contribution in [3.8, 4) is 0 Å². The predicted octanol–water partition coefficient (Wildman–Crippen LogP) is 2.74. The van der Waals surface area contributed by atoms with Crippen LogP contribution in [0.4, 0.5) is 0 Å². The van der Waals surface area contributed by atoms with Gasteiger partial charge in [0.15, 0.2) is 0 Å². The fourth-order valence-electron chi connectivity index (χ4n) is 3.22. The van der Waals surface area contributed by atoms with Gasteiger partial charge in [0.1, 0.15) is 5.54 Å². The first-order valence-electron chi connectivity index (χ1n) is 8.41. The van der Waals surface area contributed by atoms with Crippen molar-refractivity contribution in [2.24, 2.45) is 5.73 Å². The first-order valence-corrected chi connectivity index (χ1v) is 9.57. The Hall–Kier alpha value is -1.78. The average molecular weight is 340 g/mol. The highest BCUT2D eigenvalue weighted by molar-refractivity contribution is 7.99. The van der Waals surface area contributed by atoms with Crippen molar-refractivity contribution in [2.75, 3.05) is 24.6 Å². The van der Waals surface area contributed by atoms with Crippen LogP contribution in [0.3, 0.4) is 0 Å². The average Bonchev–Trinajstić information content (AvgIpc) is 2.63. The number of nitrogens with two attached hydrogens (primary N) is 1. The van der Waals surface area contributed by atoms with Crippen LogP contribution in [0.5, 0.6) is 0 Å². The van der Waals surface area contributed by atoms with E-state index in [-0.39, 0.29) is 5.91 Å². The molecule has 2 N–H and O–H groups in total. The number of rotatable bonds is 5. The molecule has 2 aromatic carbocycles. The monoisotopic (exact) mass is 340 g/mol. The van der Waals surface area contributed by atoms with Crippen molar-refractivity contribution in [3.05, 3.63) is 71.8 Å². The van der Waals surface area contributed by atoms with Gasteiger partial charge in [-0.1, -0.05) is 60.7 Å². The second-order valence-corrected chi connectivity index (χ2v) is 7.61. The highest BCUT2D eigenvalue weighted by Crippen LogP contribution is 2.22. The van der Waals surface area contributed by atoms with Crippen LogP contribution in [0.25, 0.3) is 0 Å². The number of benzene rings is 2. The number of hydrogen-bond acceptors (Lipinski definition) is 3. The van der Waals surface area contributed by atoms with Crippen LogP contribution >= 0.6 is 11.8 Å². The van der Waals surface area contributed by atoms with Gasteiger partial charge in [-0.15, -0.1) is 0 Å². The first kappa shape index (κ1) is 17.1. The molecule has 1 fully saturated rings.